The monoisotopic (exact) mass is 555 g/mol. The number of carboxylic acids is 1. The summed E-state index contributed by atoms with van der Waals surface area (Å²) in [6, 6.07) is 24.9. The standard InChI is InChI=1S/C33H37N3O5/c1-36(19-22-10-3-2-4-11-22)20-30(32(38)39)35-31(37)23-12-9-13-24(18-23)34-33(40)41-21-29-27-16-7-5-14-25(27)26-15-6-8-17-28(26)29/h2-8,10-11,14-17,23-24,29-30H,9,12-13,18-21H2,1H3,(H,34,40)(H,35,37)(H,38,39). The van der Waals surface area contributed by atoms with Crippen LogP contribution in [0.5, 0.6) is 0 Å². The second-order valence-corrected chi connectivity index (χ2v) is 11.1. The predicted octanol–water partition coefficient (Wildman–Crippen LogP) is 4.79. The molecule has 1 saturated carbocycles. The third kappa shape index (κ3) is 6.95. The number of hydrogen-bond acceptors (Lipinski definition) is 5. The van der Waals surface area contributed by atoms with Gasteiger partial charge in [-0.2, -0.15) is 0 Å². The maximum absolute atomic E-state index is 13.1. The molecule has 2 amide bonds. The van der Waals surface area contributed by atoms with Gasteiger partial charge in [0.1, 0.15) is 12.6 Å². The van der Waals surface area contributed by atoms with Crippen LogP contribution in [0.3, 0.4) is 0 Å². The number of alkyl carbamates (subject to hydrolysis) is 1. The molecule has 0 bridgehead atoms. The molecule has 8 nitrogen and oxygen atoms in total. The lowest BCUT2D eigenvalue weighted by atomic mass is 9.85. The fourth-order valence-corrected chi connectivity index (χ4v) is 6.11. The number of rotatable bonds is 10. The number of nitrogens with zero attached hydrogens (tertiary/aromatic N) is 1. The largest absolute Gasteiger partial charge is 0.480 e. The highest BCUT2D eigenvalue weighted by molar-refractivity contribution is 5.85. The zero-order chi connectivity index (χ0) is 28.8. The fraction of sp³-hybridized carbons (Fsp3) is 0.364. The molecule has 0 spiro atoms. The highest BCUT2D eigenvalue weighted by Crippen LogP contribution is 2.44. The number of nitrogens with one attached hydrogen (secondary N) is 2. The topological polar surface area (TPSA) is 108 Å². The molecule has 3 aromatic carbocycles. The minimum absolute atomic E-state index is 0.0222. The van der Waals surface area contributed by atoms with Crippen molar-refractivity contribution < 1.29 is 24.2 Å². The zero-order valence-electron chi connectivity index (χ0n) is 23.3. The number of hydrogen-bond donors (Lipinski definition) is 3. The van der Waals surface area contributed by atoms with Crippen LogP contribution >= 0.6 is 0 Å². The van der Waals surface area contributed by atoms with E-state index >= 15 is 0 Å². The van der Waals surface area contributed by atoms with E-state index in [-0.39, 0.29) is 36.9 Å². The highest BCUT2D eigenvalue weighted by atomic mass is 16.5. The maximum atomic E-state index is 13.1. The molecule has 41 heavy (non-hydrogen) atoms. The molecule has 3 unspecified atom stereocenters. The summed E-state index contributed by atoms with van der Waals surface area (Å²) in [5.74, 6) is -1.75. The molecule has 2 aliphatic carbocycles. The maximum Gasteiger partial charge on any atom is 0.407 e. The van der Waals surface area contributed by atoms with Gasteiger partial charge in [0.05, 0.1) is 0 Å². The van der Waals surface area contributed by atoms with Gasteiger partial charge in [-0.05, 0) is 54.1 Å². The van der Waals surface area contributed by atoms with Gasteiger partial charge in [0.15, 0.2) is 0 Å². The summed E-state index contributed by atoms with van der Waals surface area (Å²) < 4.78 is 5.69. The Hall–Kier alpha value is -4.17. The van der Waals surface area contributed by atoms with E-state index in [2.05, 4.69) is 34.9 Å². The molecule has 0 aromatic heterocycles. The Bertz CT molecular complexity index is 1330. The zero-order valence-corrected chi connectivity index (χ0v) is 23.3. The molecule has 5 rings (SSSR count). The molecule has 214 valence electrons. The lowest BCUT2D eigenvalue weighted by Crippen LogP contribution is -2.50. The lowest BCUT2D eigenvalue weighted by molar-refractivity contribution is -0.143. The first-order valence-corrected chi connectivity index (χ1v) is 14.3. The van der Waals surface area contributed by atoms with Gasteiger partial charge < -0.3 is 20.5 Å². The predicted molar refractivity (Wildman–Crippen MR) is 156 cm³/mol. The Balaban J connectivity index is 1.12. The van der Waals surface area contributed by atoms with Crippen LogP contribution in [0.15, 0.2) is 78.9 Å². The van der Waals surface area contributed by atoms with Crippen LogP contribution in [0.25, 0.3) is 11.1 Å². The van der Waals surface area contributed by atoms with Crippen molar-refractivity contribution in [1.29, 1.82) is 0 Å². The Labute approximate surface area is 240 Å². The van der Waals surface area contributed by atoms with E-state index in [1.165, 1.54) is 11.1 Å². The van der Waals surface area contributed by atoms with Crippen LogP contribution in [0.4, 0.5) is 4.79 Å². The van der Waals surface area contributed by atoms with E-state index in [1.807, 2.05) is 66.5 Å². The number of amides is 2. The summed E-state index contributed by atoms with van der Waals surface area (Å²) in [5, 5.41) is 15.4. The summed E-state index contributed by atoms with van der Waals surface area (Å²) in [6.45, 7) is 0.994. The normalized spacial score (nSPS) is 18.7. The number of aliphatic carboxylic acids is 1. The van der Waals surface area contributed by atoms with Crippen molar-refractivity contribution in [2.75, 3.05) is 20.2 Å². The Morgan fingerprint density at radius 1 is 0.927 bits per heavy atom. The van der Waals surface area contributed by atoms with Crippen LogP contribution < -0.4 is 10.6 Å². The number of carbonyl (C=O) groups excluding carboxylic acids is 2. The number of carbonyl (C=O) groups is 3. The van der Waals surface area contributed by atoms with Gasteiger partial charge in [-0.25, -0.2) is 9.59 Å². The average Bonchev–Trinajstić information content (AvgIpc) is 3.30. The summed E-state index contributed by atoms with van der Waals surface area (Å²) in [4.78, 5) is 39.7. The van der Waals surface area contributed by atoms with Gasteiger partial charge in [0.25, 0.3) is 0 Å². The van der Waals surface area contributed by atoms with Crippen LogP contribution in [0.2, 0.25) is 0 Å². The average molecular weight is 556 g/mol. The highest BCUT2D eigenvalue weighted by Gasteiger charge is 2.32. The van der Waals surface area contributed by atoms with Gasteiger partial charge in [-0.1, -0.05) is 85.3 Å². The van der Waals surface area contributed by atoms with Gasteiger partial charge in [0, 0.05) is 31.0 Å². The lowest BCUT2D eigenvalue weighted by Gasteiger charge is -2.30. The molecular formula is C33H37N3O5. The molecule has 3 atom stereocenters. The van der Waals surface area contributed by atoms with Crippen molar-refractivity contribution in [3.8, 4) is 11.1 Å². The van der Waals surface area contributed by atoms with Crippen molar-refractivity contribution in [3.63, 3.8) is 0 Å². The van der Waals surface area contributed by atoms with E-state index in [0.717, 1.165) is 29.5 Å². The Kier molecular flexibility index (Phi) is 8.99. The van der Waals surface area contributed by atoms with E-state index in [1.54, 1.807) is 0 Å². The SMILES string of the molecule is CN(Cc1ccccc1)CC(NC(=O)C1CCCC(NC(=O)OCC2c3ccccc3-c3ccccc32)C1)C(=O)O. The number of fused-ring (bicyclic) bond motifs is 3. The molecule has 8 heteroatoms. The van der Waals surface area contributed by atoms with Gasteiger partial charge >= 0.3 is 12.1 Å². The summed E-state index contributed by atoms with van der Waals surface area (Å²) in [5.41, 5.74) is 5.71. The van der Waals surface area contributed by atoms with Gasteiger partial charge in [-0.3, -0.25) is 9.69 Å². The summed E-state index contributed by atoms with van der Waals surface area (Å²) in [6.07, 6.45) is 2.11. The van der Waals surface area contributed by atoms with Crippen molar-refractivity contribution in [2.45, 2.75) is 50.2 Å². The van der Waals surface area contributed by atoms with Gasteiger partial charge in [-0.15, -0.1) is 0 Å². The third-order valence-electron chi connectivity index (χ3n) is 8.11. The minimum Gasteiger partial charge on any atom is -0.480 e. The van der Waals surface area contributed by atoms with Crippen LogP contribution in [0, 0.1) is 5.92 Å². The smallest absolute Gasteiger partial charge is 0.407 e. The molecule has 0 saturated heterocycles. The van der Waals surface area contributed by atoms with Crippen LogP contribution in [0.1, 0.15) is 48.3 Å². The summed E-state index contributed by atoms with van der Waals surface area (Å²) in [7, 11) is 1.84. The first kappa shape index (κ1) is 28.4. The Morgan fingerprint density at radius 2 is 1.56 bits per heavy atom. The third-order valence-corrected chi connectivity index (χ3v) is 8.11. The number of ether oxygens (including phenoxy) is 1. The van der Waals surface area contributed by atoms with Crippen molar-refractivity contribution in [1.82, 2.24) is 15.5 Å². The molecule has 0 heterocycles. The van der Waals surface area contributed by atoms with Crippen LogP contribution in [-0.4, -0.2) is 60.3 Å². The van der Waals surface area contributed by atoms with Crippen LogP contribution in [-0.2, 0) is 20.9 Å². The van der Waals surface area contributed by atoms with E-state index in [9.17, 15) is 19.5 Å². The van der Waals surface area contributed by atoms with Crippen molar-refractivity contribution in [2.24, 2.45) is 5.92 Å². The fourth-order valence-electron chi connectivity index (χ4n) is 6.11. The molecule has 3 aromatic rings. The molecular weight excluding hydrogens is 518 g/mol. The molecule has 1 fully saturated rings. The second kappa shape index (κ2) is 13.0. The first-order chi connectivity index (χ1) is 19.9. The van der Waals surface area contributed by atoms with E-state index in [4.69, 9.17) is 4.74 Å². The molecule has 3 N–H and O–H groups in total. The summed E-state index contributed by atoms with van der Waals surface area (Å²) >= 11 is 0. The van der Waals surface area contributed by atoms with E-state index < -0.39 is 18.1 Å². The van der Waals surface area contributed by atoms with E-state index in [0.29, 0.717) is 19.4 Å². The molecule has 0 aliphatic heterocycles. The number of benzene rings is 3. The van der Waals surface area contributed by atoms with Crippen molar-refractivity contribution >= 4 is 18.0 Å². The van der Waals surface area contributed by atoms with Gasteiger partial charge in [0.2, 0.25) is 5.91 Å². The number of carboxylic acid groups (broad SMARTS) is 1. The quantitative estimate of drug-likeness (QED) is 0.332. The second-order valence-electron chi connectivity index (χ2n) is 11.1. The minimum atomic E-state index is -1.07. The molecule has 2 aliphatic rings. The first-order valence-electron chi connectivity index (χ1n) is 14.3. The Morgan fingerprint density at radius 3 is 2.22 bits per heavy atom. The van der Waals surface area contributed by atoms with Crippen molar-refractivity contribution in [3.05, 3.63) is 95.6 Å². The molecule has 0 radical (unpaired) electrons. The number of likely N-dealkylation sites (N-methyl/N-ethyl adjacent to an activating group) is 1.